The molecular weight excluding hydrogens is 356 g/mol. The van der Waals surface area contributed by atoms with Crippen LogP contribution in [0.1, 0.15) is 6.42 Å². The van der Waals surface area contributed by atoms with Crippen LogP contribution in [-0.2, 0) is 4.79 Å². The second kappa shape index (κ2) is 8.03. The Balaban J connectivity index is 1.54. The highest BCUT2D eigenvalue weighted by molar-refractivity contribution is 5.96. The lowest BCUT2D eigenvalue weighted by molar-refractivity contribution is -0.117. The van der Waals surface area contributed by atoms with Crippen molar-refractivity contribution in [3.05, 3.63) is 54.1 Å². The topological polar surface area (TPSA) is 70.7 Å². The molecule has 1 atom stereocenters. The molecule has 1 heterocycles. The van der Waals surface area contributed by atoms with Gasteiger partial charge in [-0.05, 0) is 36.4 Å². The second-order valence-corrected chi connectivity index (χ2v) is 6.20. The second-order valence-electron chi connectivity index (χ2n) is 6.20. The number of rotatable bonds is 5. The number of hydrogen-bond acceptors (Lipinski definition) is 3. The van der Waals surface area contributed by atoms with Crippen LogP contribution in [0, 0.1) is 17.6 Å². The Labute approximate surface area is 155 Å². The quantitative estimate of drug-likeness (QED) is 0.843. The summed E-state index contributed by atoms with van der Waals surface area (Å²) in [5, 5.41) is 4.71. The highest BCUT2D eigenvalue weighted by atomic mass is 19.1. The van der Waals surface area contributed by atoms with Crippen molar-refractivity contribution in [3.63, 3.8) is 0 Å². The Morgan fingerprint density at radius 1 is 1.19 bits per heavy atom. The summed E-state index contributed by atoms with van der Waals surface area (Å²) in [4.78, 5) is 25.8. The molecular formula is C19H19F2N3O3. The number of urea groups is 1. The van der Waals surface area contributed by atoms with E-state index in [0.29, 0.717) is 12.3 Å². The summed E-state index contributed by atoms with van der Waals surface area (Å²) >= 11 is 0. The Kier molecular flexibility index (Phi) is 5.54. The van der Waals surface area contributed by atoms with Crippen molar-refractivity contribution in [2.24, 2.45) is 5.92 Å². The van der Waals surface area contributed by atoms with E-state index in [9.17, 15) is 18.4 Å². The number of amides is 3. The average molecular weight is 375 g/mol. The van der Waals surface area contributed by atoms with Gasteiger partial charge in [-0.15, -0.1) is 0 Å². The number of ether oxygens (including phenoxy) is 1. The number of hydrogen-bond donors (Lipinski definition) is 2. The number of para-hydroxylation sites is 1. The number of nitrogens with zero attached hydrogens (tertiary/aromatic N) is 1. The number of carbonyl (C=O) groups is 2. The van der Waals surface area contributed by atoms with Gasteiger partial charge in [0.25, 0.3) is 0 Å². The maximum atomic E-state index is 13.6. The van der Waals surface area contributed by atoms with E-state index in [1.165, 1.54) is 6.07 Å². The molecule has 8 heteroatoms. The van der Waals surface area contributed by atoms with Crippen molar-refractivity contribution in [1.82, 2.24) is 5.32 Å². The number of anilines is 2. The number of nitrogens with one attached hydrogen (secondary N) is 2. The molecule has 1 aliphatic heterocycles. The first-order valence-electron chi connectivity index (χ1n) is 8.41. The molecule has 27 heavy (non-hydrogen) atoms. The van der Waals surface area contributed by atoms with E-state index in [4.69, 9.17) is 4.74 Å². The lowest BCUT2D eigenvalue weighted by Crippen LogP contribution is -2.34. The maximum Gasteiger partial charge on any atom is 0.319 e. The van der Waals surface area contributed by atoms with Crippen LogP contribution < -0.4 is 20.3 Å². The van der Waals surface area contributed by atoms with Crippen molar-refractivity contribution in [3.8, 4) is 5.75 Å². The summed E-state index contributed by atoms with van der Waals surface area (Å²) in [6, 6.07) is 9.72. The minimum atomic E-state index is -0.855. The van der Waals surface area contributed by atoms with Gasteiger partial charge in [0.1, 0.15) is 23.1 Å². The number of methoxy groups -OCH3 is 1. The smallest absolute Gasteiger partial charge is 0.319 e. The highest BCUT2D eigenvalue weighted by Gasteiger charge is 2.30. The van der Waals surface area contributed by atoms with Crippen LogP contribution in [-0.4, -0.2) is 32.1 Å². The van der Waals surface area contributed by atoms with Crippen molar-refractivity contribution < 1.29 is 23.1 Å². The molecule has 1 saturated heterocycles. The molecule has 0 spiro atoms. The molecule has 2 aromatic carbocycles. The zero-order chi connectivity index (χ0) is 19.4. The minimum absolute atomic E-state index is 0.0486. The molecule has 1 aliphatic rings. The summed E-state index contributed by atoms with van der Waals surface area (Å²) in [5.41, 5.74) is 0.249. The van der Waals surface area contributed by atoms with Crippen molar-refractivity contribution in [2.45, 2.75) is 6.42 Å². The van der Waals surface area contributed by atoms with Crippen molar-refractivity contribution in [1.29, 1.82) is 0 Å². The lowest BCUT2D eigenvalue weighted by Gasteiger charge is -2.17. The Morgan fingerprint density at radius 3 is 2.48 bits per heavy atom. The third-order valence-electron chi connectivity index (χ3n) is 4.34. The van der Waals surface area contributed by atoms with Gasteiger partial charge in [0, 0.05) is 31.1 Å². The summed E-state index contributed by atoms with van der Waals surface area (Å²) in [6.45, 7) is 0.653. The largest absolute Gasteiger partial charge is 0.497 e. The van der Waals surface area contributed by atoms with Gasteiger partial charge in [0.15, 0.2) is 0 Å². The number of benzene rings is 2. The van der Waals surface area contributed by atoms with Gasteiger partial charge < -0.3 is 20.3 Å². The lowest BCUT2D eigenvalue weighted by atomic mass is 10.1. The number of carbonyl (C=O) groups excluding carboxylic acids is 2. The molecule has 0 aromatic heterocycles. The predicted molar refractivity (Wildman–Crippen MR) is 96.8 cm³/mol. The summed E-state index contributed by atoms with van der Waals surface area (Å²) in [5.74, 6) is -1.16. The fourth-order valence-electron chi connectivity index (χ4n) is 2.94. The molecule has 2 N–H and O–H groups in total. The minimum Gasteiger partial charge on any atom is -0.497 e. The van der Waals surface area contributed by atoms with E-state index in [0.717, 1.165) is 17.8 Å². The maximum absolute atomic E-state index is 13.6. The van der Waals surface area contributed by atoms with Gasteiger partial charge >= 0.3 is 6.03 Å². The molecule has 1 unspecified atom stereocenters. The van der Waals surface area contributed by atoms with Gasteiger partial charge in [-0.2, -0.15) is 0 Å². The van der Waals surface area contributed by atoms with E-state index < -0.39 is 23.4 Å². The normalized spacial score (nSPS) is 16.3. The first-order chi connectivity index (χ1) is 13.0. The molecule has 3 amide bonds. The molecule has 1 fully saturated rings. The van der Waals surface area contributed by atoms with Gasteiger partial charge in [0.2, 0.25) is 5.91 Å². The molecule has 0 radical (unpaired) electrons. The van der Waals surface area contributed by atoms with E-state index in [2.05, 4.69) is 10.6 Å². The molecule has 6 nitrogen and oxygen atoms in total. The molecule has 0 aliphatic carbocycles. The zero-order valence-corrected chi connectivity index (χ0v) is 14.7. The first-order valence-corrected chi connectivity index (χ1v) is 8.41. The van der Waals surface area contributed by atoms with E-state index in [1.807, 2.05) is 0 Å². The Morgan fingerprint density at radius 2 is 1.85 bits per heavy atom. The molecule has 2 aromatic rings. The van der Waals surface area contributed by atoms with Crippen LogP contribution in [0.25, 0.3) is 0 Å². The van der Waals surface area contributed by atoms with Crippen LogP contribution in [0.3, 0.4) is 0 Å². The monoisotopic (exact) mass is 375 g/mol. The SMILES string of the molecule is COc1ccc(N2CC(CNC(=O)Nc3c(F)cccc3F)CC2=O)cc1. The molecule has 0 saturated carbocycles. The van der Waals surface area contributed by atoms with Crippen LogP contribution >= 0.6 is 0 Å². The van der Waals surface area contributed by atoms with Gasteiger partial charge in [-0.3, -0.25) is 4.79 Å². The van der Waals surface area contributed by atoms with Crippen LogP contribution in [0.2, 0.25) is 0 Å². The number of halogens is 2. The molecule has 3 rings (SSSR count). The summed E-state index contributed by atoms with van der Waals surface area (Å²) in [6.07, 6.45) is 0.278. The average Bonchev–Trinajstić information content (AvgIpc) is 3.04. The standard InChI is InChI=1S/C19H19F2N3O3/c1-27-14-7-5-13(6-8-14)24-11-12(9-17(24)25)10-22-19(26)23-18-15(20)3-2-4-16(18)21/h2-8,12H,9-11H2,1H3,(H2,22,23,26). The van der Waals surface area contributed by atoms with Gasteiger partial charge in [-0.1, -0.05) is 6.07 Å². The first kappa shape index (κ1) is 18.6. The van der Waals surface area contributed by atoms with Crippen LogP contribution in [0.15, 0.2) is 42.5 Å². The summed E-state index contributed by atoms with van der Waals surface area (Å²) in [7, 11) is 1.57. The zero-order valence-electron chi connectivity index (χ0n) is 14.7. The van der Waals surface area contributed by atoms with Gasteiger partial charge in [-0.25, -0.2) is 13.6 Å². The highest BCUT2D eigenvalue weighted by Crippen LogP contribution is 2.26. The molecule has 142 valence electrons. The predicted octanol–water partition coefficient (Wildman–Crippen LogP) is 3.15. The Bertz CT molecular complexity index is 822. The summed E-state index contributed by atoms with van der Waals surface area (Å²) < 4.78 is 32.2. The Hall–Kier alpha value is -3.16. The fourth-order valence-corrected chi connectivity index (χ4v) is 2.94. The third kappa shape index (κ3) is 4.33. The van der Waals surface area contributed by atoms with Crippen molar-refractivity contribution >= 4 is 23.3 Å². The van der Waals surface area contributed by atoms with Crippen molar-refractivity contribution in [2.75, 3.05) is 30.4 Å². The van der Waals surface area contributed by atoms with Crippen LogP contribution in [0.4, 0.5) is 25.0 Å². The van der Waals surface area contributed by atoms with E-state index >= 15 is 0 Å². The van der Waals surface area contributed by atoms with Gasteiger partial charge in [0.05, 0.1) is 7.11 Å². The van der Waals surface area contributed by atoms with E-state index in [-0.39, 0.29) is 24.8 Å². The fraction of sp³-hybridized carbons (Fsp3) is 0.263. The van der Waals surface area contributed by atoms with Crippen LogP contribution in [0.5, 0.6) is 5.75 Å². The third-order valence-corrected chi connectivity index (χ3v) is 4.34. The van der Waals surface area contributed by atoms with E-state index in [1.54, 1.807) is 36.3 Å². The molecule has 0 bridgehead atoms.